The van der Waals surface area contributed by atoms with Crippen LogP contribution in [-0.4, -0.2) is 53.4 Å². The number of hydrogen-bond donors (Lipinski definition) is 3. The van der Waals surface area contributed by atoms with Crippen molar-refractivity contribution in [2.75, 3.05) is 19.6 Å². The Balaban J connectivity index is 1.62. The largest absolute Gasteiger partial charge is 0.384 e. The molecule has 3 rings (SSSR count). The van der Waals surface area contributed by atoms with Gasteiger partial charge in [-0.15, -0.1) is 0 Å². The first-order chi connectivity index (χ1) is 15.9. The highest BCUT2D eigenvalue weighted by atomic mass is 35.5. The number of benzene rings is 1. The van der Waals surface area contributed by atoms with E-state index in [0.29, 0.717) is 24.5 Å². The number of nitrogens with one attached hydrogen (secondary N) is 2. The highest BCUT2D eigenvalue weighted by Crippen LogP contribution is 2.46. The summed E-state index contributed by atoms with van der Waals surface area (Å²) in [6.07, 6.45) is 4.21. The maximum absolute atomic E-state index is 13.4. The number of carbonyl (C=O) groups is 3. The Kier molecular flexibility index (Phi) is 8.30. The lowest BCUT2D eigenvalue weighted by atomic mass is 9.66. The number of carbonyl (C=O) groups excluding carboxylic acids is 3. The monoisotopic (exact) mass is 491 g/mol. The number of aliphatic hydroxyl groups is 1. The third-order valence-electron chi connectivity index (χ3n) is 7.48. The number of rotatable bonds is 7. The highest BCUT2D eigenvalue weighted by molar-refractivity contribution is 6.30. The minimum atomic E-state index is -1.10. The number of halogens is 1. The first-order valence-corrected chi connectivity index (χ1v) is 12.7. The highest BCUT2D eigenvalue weighted by Gasteiger charge is 2.50. The molecular formula is C26H38ClN3O4. The summed E-state index contributed by atoms with van der Waals surface area (Å²) in [6.45, 7) is 8.26. The second-order valence-corrected chi connectivity index (χ2v) is 11.2. The molecule has 0 spiro atoms. The molecule has 0 unspecified atom stereocenters. The molecule has 1 saturated heterocycles. The standard InChI is InChI=1S/C26H38ClN3O4/c1-17(2)22(29-21(31)15-28-23(32)18-7-5-6-8-18)24(33)30-14-13-26(34,25(3,4)16-30)19-9-11-20(27)12-10-19/h9-12,17-18,22,34H,5-8,13-16H2,1-4H3,(H,28,32)(H,29,31)/t22-,26+/m1/s1. The topological polar surface area (TPSA) is 98.7 Å². The van der Waals surface area contributed by atoms with Gasteiger partial charge in [-0.05, 0) is 42.9 Å². The van der Waals surface area contributed by atoms with E-state index in [-0.39, 0.29) is 36.1 Å². The zero-order chi connectivity index (χ0) is 25.1. The van der Waals surface area contributed by atoms with Crippen molar-refractivity contribution in [3.63, 3.8) is 0 Å². The Morgan fingerprint density at radius 1 is 1.15 bits per heavy atom. The van der Waals surface area contributed by atoms with Gasteiger partial charge in [0.15, 0.2) is 0 Å². The van der Waals surface area contributed by atoms with Crippen LogP contribution in [0.3, 0.4) is 0 Å². The Bertz CT molecular complexity index is 896. The normalized spacial score (nSPS) is 23.6. The summed E-state index contributed by atoms with van der Waals surface area (Å²) in [5.41, 5.74) is -0.939. The van der Waals surface area contributed by atoms with Gasteiger partial charge in [-0.3, -0.25) is 14.4 Å². The predicted octanol–water partition coefficient (Wildman–Crippen LogP) is 3.23. The third-order valence-corrected chi connectivity index (χ3v) is 7.73. The average Bonchev–Trinajstić information content (AvgIpc) is 3.32. The van der Waals surface area contributed by atoms with E-state index in [1.54, 1.807) is 17.0 Å². The summed E-state index contributed by atoms with van der Waals surface area (Å²) in [5, 5.41) is 17.7. The van der Waals surface area contributed by atoms with Crippen LogP contribution in [0.4, 0.5) is 0 Å². The van der Waals surface area contributed by atoms with Crippen LogP contribution in [-0.2, 0) is 20.0 Å². The molecule has 0 bridgehead atoms. The zero-order valence-corrected chi connectivity index (χ0v) is 21.5. The fraction of sp³-hybridized carbons (Fsp3) is 0.654. The molecule has 2 fully saturated rings. The molecule has 1 heterocycles. The quantitative estimate of drug-likeness (QED) is 0.545. The first kappa shape index (κ1) is 26.5. The molecule has 1 saturated carbocycles. The molecule has 3 N–H and O–H groups in total. The molecule has 1 aliphatic carbocycles. The lowest BCUT2D eigenvalue weighted by Crippen LogP contribution is -2.61. The number of likely N-dealkylation sites (tertiary alicyclic amines) is 1. The molecule has 34 heavy (non-hydrogen) atoms. The van der Waals surface area contributed by atoms with Gasteiger partial charge in [0.2, 0.25) is 17.7 Å². The molecule has 3 amide bonds. The van der Waals surface area contributed by atoms with Crippen LogP contribution < -0.4 is 10.6 Å². The molecule has 7 nitrogen and oxygen atoms in total. The van der Waals surface area contributed by atoms with Crippen LogP contribution in [0.25, 0.3) is 0 Å². The number of hydrogen-bond acceptors (Lipinski definition) is 4. The second kappa shape index (κ2) is 10.6. The number of amides is 3. The van der Waals surface area contributed by atoms with Gasteiger partial charge in [0.05, 0.1) is 12.1 Å². The van der Waals surface area contributed by atoms with Crippen molar-refractivity contribution in [3.8, 4) is 0 Å². The van der Waals surface area contributed by atoms with Crippen molar-refractivity contribution in [1.29, 1.82) is 0 Å². The van der Waals surface area contributed by atoms with Gasteiger partial charge in [-0.1, -0.05) is 64.3 Å². The van der Waals surface area contributed by atoms with Crippen molar-refractivity contribution >= 4 is 29.3 Å². The van der Waals surface area contributed by atoms with Gasteiger partial charge < -0.3 is 20.6 Å². The number of piperidine rings is 1. The third kappa shape index (κ3) is 5.74. The molecule has 2 atom stereocenters. The van der Waals surface area contributed by atoms with Crippen LogP contribution in [0.2, 0.25) is 5.02 Å². The molecule has 1 aromatic rings. The second-order valence-electron chi connectivity index (χ2n) is 10.7. The molecule has 2 aliphatic rings. The minimum absolute atomic E-state index is 0.00898. The lowest BCUT2D eigenvalue weighted by molar-refractivity contribution is -0.156. The Morgan fingerprint density at radius 3 is 2.32 bits per heavy atom. The van der Waals surface area contributed by atoms with Crippen LogP contribution in [0, 0.1) is 17.3 Å². The van der Waals surface area contributed by atoms with Crippen molar-refractivity contribution < 1.29 is 19.5 Å². The van der Waals surface area contributed by atoms with E-state index in [1.807, 2.05) is 39.8 Å². The van der Waals surface area contributed by atoms with E-state index in [1.165, 1.54) is 0 Å². The summed E-state index contributed by atoms with van der Waals surface area (Å²) in [6, 6.07) is 6.49. The van der Waals surface area contributed by atoms with Gasteiger partial charge in [-0.25, -0.2) is 0 Å². The molecular weight excluding hydrogens is 454 g/mol. The maximum Gasteiger partial charge on any atom is 0.245 e. The van der Waals surface area contributed by atoms with E-state index < -0.39 is 17.1 Å². The van der Waals surface area contributed by atoms with E-state index >= 15 is 0 Å². The molecule has 0 aromatic heterocycles. The molecule has 0 radical (unpaired) electrons. The maximum atomic E-state index is 13.4. The van der Waals surface area contributed by atoms with Gasteiger partial charge in [0.1, 0.15) is 6.04 Å². The fourth-order valence-electron chi connectivity index (χ4n) is 5.21. The van der Waals surface area contributed by atoms with E-state index in [4.69, 9.17) is 11.6 Å². The van der Waals surface area contributed by atoms with Crippen molar-refractivity contribution in [2.24, 2.45) is 17.3 Å². The van der Waals surface area contributed by atoms with E-state index in [0.717, 1.165) is 31.2 Å². The van der Waals surface area contributed by atoms with Crippen LogP contribution in [0.1, 0.15) is 65.4 Å². The van der Waals surface area contributed by atoms with Crippen LogP contribution in [0.15, 0.2) is 24.3 Å². The van der Waals surface area contributed by atoms with E-state index in [2.05, 4.69) is 10.6 Å². The molecule has 8 heteroatoms. The Hall–Kier alpha value is -2.12. The fourth-order valence-corrected chi connectivity index (χ4v) is 5.33. The van der Waals surface area contributed by atoms with Gasteiger partial charge in [0.25, 0.3) is 0 Å². The van der Waals surface area contributed by atoms with Crippen molar-refractivity contribution in [2.45, 2.75) is 71.4 Å². The summed E-state index contributed by atoms with van der Waals surface area (Å²) in [5.74, 6) is -0.754. The molecule has 1 aromatic carbocycles. The zero-order valence-electron chi connectivity index (χ0n) is 20.7. The van der Waals surface area contributed by atoms with Crippen LogP contribution >= 0.6 is 11.6 Å². The van der Waals surface area contributed by atoms with Crippen molar-refractivity contribution in [1.82, 2.24) is 15.5 Å². The van der Waals surface area contributed by atoms with Crippen LogP contribution in [0.5, 0.6) is 0 Å². The number of nitrogens with zero attached hydrogens (tertiary/aromatic N) is 1. The summed E-state index contributed by atoms with van der Waals surface area (Å²) in [4.78, 5) is 39.9. The summed E-state index contributed by atoms with van der Waals surface area (Å²) in [7, 11) is 0. The predicted molar refractivity (Wildman–Crippen MR) is 132 cm³/mol. The smallest absolute Gasteiger partial charge is 0.245 e. The van der Waals surface area contributed by atoms with E-state index in [9.17, 15) is 19.5 Å². The van der Waals surface area contributed by atoms with Gasteiger partial charge in [0, 0.05) is 29.4 Å². The SMILES string of the molecule is CC(C)[C@@H](NC(=O)CNC(=O)C1CCCC1)C(=O)N1CC[C@](O)(c2ccc(Cl)cc2)C(C)(C)C1. The lowest BCUT2D eigenvalue weighted by Gasteiger charge is -2.51. The van der Waals surface area contributed by atoms with Gasteiger partial charge >= 0.3 is 0 Å². The molecule has 1 aliphatic heterocycles. The average molecular weight is 492 g/mol. The molecule has 188 valence electrons. The minimum Gasteiger partial charge on any atom is -0.384 e. The van der Waals surface area contributed by atoms with Crippen molar-refractivity contribution in [3.05, 3.63) is 34.9 Å². The Labute approximate surface area is 207 Å². The Morgan fingerprint density at radius 2 is 1.76 bits per heavy atom. The summed E-state index contributed by atoms with van der Waals surface area (Å²) < 4.78 is 0. The summed E-state index contributed by atoms with van der Waals surface area (Å²) >= 11 is 6.02. The first-order valence-electron chi connectivity index (χ1n) is 12.3. The van der Waals surface area contributed by atoms with Gasteiger partial charge in [-0.2, -0.15) is 0 Å².